The summed E-state index contributed by atoms with van der Waals surface area (Å²) < 4.78 is 0. The second kappa shape index (κ2) is 6.81. The molecule has 0 spiro atoms. The summed E-state index contributed by atoms with van der Waals surface area (Å²) in [4.78, 5) is 17.0. The minimum Gasteiger partial charge on any atom is -0.321 e. The Balaban J connectivity index is 1.60. The van der Waals surface area contributed by atoms with Crippen molar-refractivity contribution in [2.24, 2.45) is 0 Å². The van der Waals surface area contributed by atoms with Crippen LogP contribution in [0.1, 0.15) is 16.1 Å². The highest BCUT2D eigenvalue weighted by molar-refractivity contribution is 6.09. The number of amides is 1. The molecule has 0 unspecified atom stereocenters. The molecule has 4 rings (SSSR count). The molecule has 0 saturated heterocycles. The van der Waals surface area contributed by atoms with Gasteiger partial charge in [-0.05, 0) is 42.3 Å². The third-order valence-corrected chi connectivity index (χ3v) is 4.51. The number of hydrogen-bond donors (Lipinski definition) is 1. The first-order valence-electron chi connectivity index (χ1n) is 8.53. The molecule has 1 amide bonds. The van der Waals surface area contributed by atoms with Gasteiger partial charge in [0.05, 0.1) is 0 Å². The number of rotatable bonds is 3. The monoisotopic (exact) mass is 338 g/mol. The highest BCUT2D eigenvalue weighted by Crippen LogP contribution is 2.25. The number of pyridine rings is 1. The average Bonchev–Trinajstić information content (AvgIpc) is 2.69. The highest BCUT2D eigenvalue weighted by Gasteiger charge is 2.09. The normalized spacial score (nSPS) is 10.7. The Hall–Kier alpha value is -3.46. The molecule has 126 valence electrons. The standard InChI is InChI=1S/C23H18N2O/c1-16-20-8-5-9-22(21(20)14-15-24-16)25-23(26)19-12-10-18(11-13-19)17-6-3-2-4-7-17/h2-15H,1H3,(H,25,26). The summed E-state index contributed by atoms with van der Waals surface area (Å²) in [5, 5.41) is 5.06. The van der Waals surface area contributed by atoms with Crippen molar-refractivity contribution < 1.29 is 4.79 Å². The third kappa shape index (κ3) is 3.07. The molecule has 0 aliphatic carbocycles. The van der Waals surface area contributed by atoms with Gasteiger partial charge in [0.25, 0.3) is 5.91 Å². The zero-order valence-corrected chi connectivity index (χ0v) is 14.4. The topological polar surface area (TPSA) is 42.0 Å². The molecule has 0 saturated carbocycles. The maximum Gasteiger partial charge on any atom is 0.255 e. The number of aryl methyl sites for hydroxylation is 1. The van der Waals surface area contributed by atoms with Gasteiger partial charge in [-0.3, -0.25) is 9.78 Å². The predicted octanol–water partition coefficient (Wildman–Crippen LogP) is 5.46. The van der Waals surface area contributed by atoms with Gasteiger partial charge < -0.3 is 5.32 Å². The first-order chi connectivity index (χ1) is 12.7. The minimum absolute atomic E-state index is 0.119. The van der Waals surface area contributed by atoms with Crippen LogP contribution < -0.4 is 5.32 Å². The quantitative estimate of drug-likeness (QED) is 0.539. The van der Waals surface area contributed by atoms with E-state index < -0.39 is 0 Å². The van der Waals surface area contributed by atoms with E-state index in [-0.39, 0.29) is 5.91 Å². The Morgan fingerprint density at radius 3 is 2.27 bits per heavy atom. The van der Waals surface area contributed by atoms with E-state index >= 15 is 0 Å². The summed E-state index contributed by atoms with van der Waals surface area (Å²) >= 11 is 0. The fraction of sp³-hybridized carbons (Fsp3) is 0.0435. The van der Waals surface area contributed by atoms with E-state index in [0.717, 1.165) is 33.3 Å². The van der Waals surface area contributed by atoms with Crippen LogP contribution in [0.2, 0.25) is 0 Å². The zero-order valence-electron chi connectivity index (χ0n) is 14.4. The number of hydrogen-bond acceptors (Lipinski definition) is 2. The van der Waals surface area contributed by atoms with Gasteiger partial charge in [-0.25, -0.2) is 0 Å². The Labute approximate surface area is 152 Å². The number of nitrogens with zero attached hydrogens (tertiary/aromatic N) is 1. The van der Waals surface area contributed by atoms with Gasteiger partial charge in [0, 0.05) is 33.9 Å². The van der Waals surface area contributed by atoms with Crippen LogP contribution in [0.25, 0.3) is 21.9 Å². The summed E-state index contributed by atoms with van der Waals surface area (Å²) in [5.41, 5.74) is 4.61. The summed E-state index contributed by atoms with van der Waals surface area (Å²) in [7, 11) is 0. The Bertz CT molecular complexity index is 1070. The molecule has 0 radical (unpaired) electrons. The van der Waals surface area contributed by atoms with Crippen molar-refractivity contribution in [1.29, 1.82) is 0 Å². The van der Waals surface area contributed by atoms with Crippen LogP contribution in [0.15, 0.2) is 85.1 Å². The molecule has 0 aliphatic heterocycles. The molecular weight excluding hydrogens is 320 g/mol. The molecular formula is C23H18N2O. The fourth-order valence-corrected chi connectivity index (χ4v) is 3.10. The lowest BCUT2D eigenvalue weighted by Crippen LogP contribution is -2.12. The molecule has 0 atom stereocenters. The van der Waals surface area contributed by atoms with E-state index in [2.05, 4.69) is 22.4 Å². The second-order valence-electron chi connectivity index (χ2n) is 6.19. The minimum atomic E-state index is -0.119. The molecule has 0 bridgehead atoms. The first kappa shape index (κ1) is 16.0. The lowest BCUT2D eigenvalue weighted by Gasteiger charge is -2.10. The van der Waals surface area contributed by atoms with E-state index in [9.17, 15) is 4.79 Å². The number of nitrogens with one attached hydrogen (secondary N) is 1. The molecule has 0 aliphatic rings. The van der Waals surface area contributed by atoms with Crippen LogP contribution in [0, 0.1) is 6.92 Å². The summed E-state index contributed by atoms with van der Waals surface area (Å²) in [5.74, 6) is -0.119. The SMILES string of the molecule is Cc1nccc2c(NC(=O)c3ccc(-c4ccccc4)cc3)cccc12. The summed E-state index contributed by atoms with van der Waals surface area (Å²) in [6, 6.07) is 25.6. The summed E-state index contributed by atoms with van der Waals surface area (Å²) in [6.45, 7) is 1.97. The van der Waals surface area contributed by atoms with Crippen molar-refractivity contribution >= 4 is 22.4 Å². The van der Waals surface area contributed by atoms with Crippen molar-refractivity contribution in [3.05, 3.63) is 96.3 Å². The van der Waals surface area contributed by atoms with Crippen LogP contribution in [0.5, 0.6) is 0 Å². The van der Waals surface area contributed by atoms with Crippen LogP contribution >= 0.6 is 0 Å². The summed E-state index contributed by atoms with van der Waals surface area (Å²) in [6.07, 6.45) is 1.77. The number of aromatic nitrogens is 1. The van der Waals surface area contributed by atoms with Crippen molar-refractivity contribution in [1.82, 2.24) is 4.98 Å². The van der Waals surface area contributed by atoms with Gasteiger partial charge in [-0.1, -0.05) is 54.6 Å². The molecule has 1 heterocycles. The molecule has 3 nitrogen and oxygen atoms in total. The first-order valence-corrected chi connectivity index (χ1v) is 8.53. The van der Waals surface area contributed by atoms with Crippen LogP contribution in [0.4, 0.5) is 5.69 Å². The fourth-order valence-electron chi connectivity index (χ4n) is 3.10. The second-order valence-corrected chi connectivity index (χ2v) is 6.19. The van der Waals surface area contributed by atoms with Gasteiger partial charge in [-0.2, -0.15) is 0 Å². The lowest BCUT2D eigenvalue weighted by atomic mass is 10.0. The van der Waals surface area contributed by atoms with Crippen molar-refractivity contribution in [2.75, 3.05) is 5.32 Å². The van der Waals surface area contributed by atoms with E-state index in [1.807, 2.05) is 73.7 Å². The van der Waals surface area contributed by atoms with E-state index in [4.69, 9.17) is 0 Å². The number of carbonyl (C=O) groups excluding carboxylic acids is 1. The molecule has 1 N–H and O–H groups in total. The van der Waals surface area contributed by atoms with Gasteiger partial charge in [-0.15, -0.1) is 0 Å². The third-order valence-electron chi connectivity index (χ3n) is 4.51. The molecule has 3 heteroatoms. The number of carbonyl (C=O) groups is 1. The lowest BCUT2D eigenvalue weighted by molar-refractivity contribution is 0.102. The van der Waals surface area contributed by atoms with E-state index in [0.29, 0.717) is 5.56 Å². The average molecular weight is 338 g/mol. The smallest absolute Gasteiger partial charge is 0.255 e. The molecule has 0 fully saturated rings. The van der Waals surface area contributed by atoms with Crippen molar-refractivity contribution in [2.45, 2.75) is 6.92 Å². The molecule has 3 aromatic carbocycles. The van der Waals surface area contributed by atoms with Gasteiger partial charge in [0.1, 0.15) is 0 Å². The number of fused-ring (bicyclic) bond motifs is 1. The van der Waals surface area contributed by atoms with E-state index in [1.54, 1.807) is 6.20 Å². The molecule has 26 heavy (non-hydrogen) atoms. The van der Waals surface area contributed by atoms with Gasteiger partial charge >= 0.3 is 0 Å². The van der Waals surface area contributed by atoms with Crippen molar-refractivity contribution in [3.8, 4) is 11.1 Å². The maximum atomic E-state index is 12.7. The van der Waals surface area contributed by atoms with Crippen LogP contribution in [-0.2, 0) is 0 Å². The Kier molecular flexibility index (Phi) is 4.20. The predicted molar refractivity (Wildman–Crippen MR) is 106 cm³/mol. The van der Waals surface area contributed by atoms with E-state index in [1.165, 1.54) is 0 Å². The highest BCUT2D eigenvalue weighted by atomic mass is 16.1. The van der Waals surface area contributed by atoms with Crippen LogP contribution in [-0.4, -0.2) is 10.9 Å². The van der Waals surface area contributed by atoms with Crippen molar-refractivity contribution in [3.63, 3.8) is 0 Å². The zero-order chi connectivity index (χ0) is 17.9. The van der Waals surface area contributed by atoms with Crippen LogP contribution in [0.3, 0.4) is 0 Å². The number of anilines is 1. The molecule has 4 aromatic rings. The Morgan fingerprint density at radius 1 is 0.769 bits per heavy atom. The number of benzene rings is 3. The van der Waals surface area contributed by atoms with Gasteiger partial charge in [0.15, 0.2) is 0 Å². The largest absolute Gasteiger partial charge is 0.321 e. The molecule has 1 aromatic heterocycles. The van der Waals surface area contributed by atoms with Gasteiger partial charge in [0.2, 0.25) is 0 Å². The maximum absolute atomic E-state index is 12.7. The Morgan fingerprint density at radius 2 is 1.50 bits per heavy atom.